The molecule has 39 heavy (non-hydrogen) atoms. The maximum absolute atomic E-state index is 12.4. The SMILES string of the molecule is C=Cc1ccc(OC(=O)c2ccc(N=Nc3ccc(N(C)CCCCCCOC(=O)C(=C)C)cc3)cc2)cc1. The van der Waals surface area contributed by atoms with Gasteiger partial charge in [-0.2, -0.15) is 10.2 Å². The largest absolute Gasteiger partial charge is 0.462 e. The second-order valence-electron chi connectivity index (χ2n) is 9.18. The van der Waals surface area contributed by atoms with Crippen LogP contribution < -0.4 is 9.64 Å². The van der Waals surface area contributed by atoms with Gasteiger partial charge >= 0.3 is 11.9 Å². The number of unbranched alkanes of at least 4 members (excludes halogenated alkanes) is 3. The fraction of sp³-hybridized carbons (Fsp3) is 0.250. The molecule has 3 aromatic rings. The average molecular weight is 526 g/mol. The third-order valence-electron chi connectivity index (χ3n) is 5.97. The van der Waals surface area contributed by atoms with Crippen LogP contribution in [0.2, 0.25) is 0 Å². The first kappa shape index (κ1) is 29.0. The standard InChI is InChI=1S/C32H35N3O4/c1-5-25-10-20-30(21-11-25)39-32(37)26-12-14-27(15-13-26)33-34-28-16-18-29(19-17-28)35(4)22-8-6-7-9-23-38-31(36)24(2)3/h5,10-21H,1-2,6-9,22-23H2,3-4H3. The quantitative estimate of drug-likeness (QED) is 0.0699. The number of rotatable bonds is 14. The zero-order valence-electron chi connectivity index (χ0n) is 22.6. The smallest absolute Gasteiger partial charge is 0.343 e. The van der Waals surface area contributed by atoms with Crippen molar-refractivity contribution in [3.8, 4) is 5.75 Å². The van der Waals surface area contributed by atoms with Gasteiger partial charge in [-0.25, -0.2) is 9.59 Å². The van der Waals surface area contributed by atoms with Crippen molar-refractivity contribution in [3.05, 3.63) is 103 Å². The summed E-state index contributed by atoms with van der Waals surface area (Å²) in [4.78, 5) is 26.0. The van der Waals surface area contributed by atoms with Crippen LogP contribution in [0.15, 0.2) is 102 Å². The summed E-state index contributed by atoms with van der Waals surface area (Å²) in [6.45, 7) is 10.3. The molecule has 0 radical (unpaired) electrons. The number of hydrogen-bond donors (Lipinski definition) is 0. The third kappa shape index (κ3) is 9.70. The maximum atomic E-state index is 12.4. The van der Waals surface area contributed by atoms with Crippen LogP contribution in [0.5, 0.6) is 5.75 Å². The van der Waals surface area contributed by atoms with Crippen LogP contribution in [0.1, 0.15) is 48.5 Å². The Morgan fingerprint density at radius 1 is 0.846 bits per heavy atom. The van der Waals surface area contributed by atoms with Gasteiger partial charge in [-0.05, 0) is 92.4 Å². The summed E-state index contributed by atoms with van der Waals surface area (Å²) in [5, 5.41) is 8.58. The lowest BCUT2D eigenvalue weighted by molar-refractivity contribution is -0.139. The van der Waals surface area contributed by atoms with Gasteiger partial charge in [-0.15, -0.1) is 0 Å². The van der Waals surface area contributed by atoms with E-state index >= 15 is 0 Å². The number of ether oxygens (including phenoxy) is 2. The van der Waals surface area contributed by atoms with Gasteiger partial charge in [-0.1, -0.05) is 37.8 Å². The lowest BCUT2D eigenvalue weighted by Crippen LogP contribution is -2.18. The highest BCUT2D eigenvalue weighted by Crippen LogP contribution is 2.23. The zero-order chi connectivity index (χ0) is 28.0. The first-order valence-electron chi connectivity index (χ1n) is 13.0. The first-order valence-corrected chi connectivity index (χ1v) is 13.0. The Kier molecular flexibility index (Phi) is 11.2. The van der Waals surface area contributed by atoms with E-state index in [2.05, 4.69) is 35.3 Å². The van der Waals surface area contributed by atoms with E-state index in [-0.39, 0.29) is 5.97 Å². The second-order valence-corrected chi connectivity index (χ2v) is 9.18. The second kappa shape index (κ2) is 15.0. The molecule has 0 heterocycles. The van der Waals surface area contributed by atoms with Crippen LogP contribution in [0.4, 0.5) is 17.1 Å². The summed E-state index contributed by atoms with van der Waals surface area (Å²) in [6.07, 6.45) is 5.73. The third-order valence-corrected chi connectivity index (χ3v) is 5.97. The van der Waals surface area contributed by atoms with Gasteiger partial charge < -0.3 is 14.4 Å². The first-order chi connectivity index (χ1) is 18.9. The molecule has 7 nitrogen and oxygen atoms in total. The molecule has 0 fully saturated rings. The predicted octanol–water partition coefficient (Wildman–Crippen LogP) is 8.08. The Hall–Kier alpha value is -4.52. The number of carbonyl (C=O) groups is 2. The number of esters is 2. The minimum absolute atomic E-state index is 0.320. The predicted molar refractivity (Wildman–Crippen MR) is 156 cm³/mol. The number of carbonyl (C=O) groups excluding carboxylic acids is 2. The van der Waals surface area contributed by atoms with E-state index < -0.39 is 5.97 Å². The van der Waals surface area contributed by atoms with Crippen molar-refractivity contribution in [1.82, 2.24) is 0 Å². The molecule has 0 aliphatic carbocycles. The molecule has 0 aliphatic rings. The van der Waals surface area contributed by atoms with Gasteiger partial charge in [0.1, 0.15) is 5.75 Å². The summed E-state index contributed by atoms with van der Waals surface area (Å²) in [5.74, 6) is -0.282. The molecule has 0 amide bonds. The van der Waals surface area contributed by atoms with Crippen molar-refractivity contribution in [2.24, 2.45) is 10.2 Å². The van der Waals surface area contributed by atoms with Gasteiger partial charge in [-0.3, -0.25) is 0 Å². The summed E-state index contributed by atoms with van der Waals surface area (Å²) in [6, 6.07) is 21.8. The van der Waals surface area contributed by atoms with Crippen LogP contribution in [-0.2, 0) is 9.53 Å². The van der Waals surface area contributed by atoms with Crippen molar-refractivity contribution in [2.75, 3.05) is 25.1 Å². The molecular formula is C32H35N3O4. The molecule has 202 valence electrons. The van der Waals surface area contributed by atoms with E-state index in [4.69, 9.17) is 9.47 Å². The minimum Gasteiger partial charge on any atom is -0.462 e. The van der Waals surface area contributed by atoms with Crippen LogP contribution in [0.25, 0.3) is 6.08 Å². The van der Waals surface area contributed by atoms with Crippen LogP contribution in [0, 0.1) is 0 Å². The Labute approximate surface area is 230 Å². The van der Waals surface area contributed by atoms with Gasteiger partial charge in [0.25, 0.3) is 0 Å². The van der Waals surface area contributed by atoms with Crippen molar-refractivity contribution >= 4 is 35.1 Å². The fourth-order valence-corrected chi connectivity index (χ4v) is 3.61. The molecule has 0 bridgehead atoms. The highest BCUT2D eigenvalue weighted by Gasteiger charge is 2.09. The summed E-state index contributed by atoms with van der Waals surface area (Å²) in [7, 11) is 2.06. The Morgan fingerprint density at radius 2 is 1.44 bits per heavy atom. The van der Waals surface area contributed by atoms with Crippen LogP contribution in [-0.4, -0.2) is 32.1 Å². The van der Waals surface area contributed by atoms with E-state index in [1.165, 1.54) is 0 Å². The maximum Gasteiger partial charge on any atom is 0.343 e. The highest BCUT2D eigenvalue weighted by molar-refractivity contribution is 5.91. The zero-order valence-corrected chi connectivity index (χ0v) is 22.6. The van der Waals surface area contributed by atoms with Gasteiger partial charge in [0.05, 0.1) is 23.5 Å². The molecule has 0 aromatic heterocycles. The van der Waals surface area contributed by atoms with Crippen molar-refractivity contribution in [3.63, 3.8) is 0 Å². The molecule has 0 saturated heterocycles. The molecule has 0 atom stereocenters. The summed E-state index contributed by atoms with van der Waals surface area (Å²) < 4.78 is 10.5. The molecule has 0 saturated carbocycles. The van der Waals surface area contributed by atoms with Gasteiger partial charge in [0.2, 0.25) is 0 Å². The number of benzene rings is 3. The number of nitrogens with zero attached hydrogens (tertiary/aromatic N) is 3. The Morgan fingerprint density at radius 3 is 2.03 bits per heavy atom. The number of hydrogen-bond acceptors (Lipinski definition) is 7. The summed E-state index contributed by atoms with van der Waals surface area (Å²) >= 11 is 0. The van der Waals surface area contributed by atoms with Crippen molar-refractivity contribution < 1.29 is 19.1 Å². The minimum atomic E-state index is -0.436. The number of azo groups is 1. The molecule has 3 aromatic carbocycles. The molecule has 0 unspecified atom stereocenters. The fourth-order valence-electron chi connectivity index (χ4n) is 3.61. The van der Waals surface area contributed by atoms with E-state index in [0.29, 0.717) is 29.2 Å². The van der Waals surface area contributed by atoms with Crippen LogP contribution >= 0.6 is 0 Å². The normalized spacial score (nSPS) is 10.7. The van der Waals surface area contributed by atoms with Crippen LogP contribution in [0.3, 0.4) is 0 Å². The van der Waals surface area contributed by atoms with E-state index in [9.17, 15) is 9.59 Å². The molecular weight excluding hydrogens is 490 g/mol. The van der Waals surface area contributed by atoms with Crippen molar-refractivity contribution in [2.45, 2.75) is 32.6 Å². The topological polar surface area (TPSA) is 80.6 Å². The lowest BCUT2D eigenvalue weighted by Gasteiger charge is -2.19. The van der Waals surface area contributed by atoms with E-state index in [0.717, 1.165) is 49.2 Å². The molecule has 0 spiro atoms. The van der Waals surface area contributed by atoms with E-state index in [1.807, 2.05) is 36.4 Å². The van der Waals surface area contributed by atoms with E-state index in [1.54, 1.807) is 49.4 Å². The average Bonchev–Trinajstić information content (AvgIpc) is 2.96. The number of anilines is 1. The molecule has 7 heteroatoms. The Balaban J connectivity index is 1.41. The molecule has 3 rings (SSSR count). The lowest BCUT2D eigenvalue weighted by atomic mass is 10.2. The van der Waals surface area contributed by atoms with Crippen molar-refractivity contribution in [1.29, 1.82) is 0 Å². The Bertz CT molecular complexity index is 1280. The molecule has 0 N–H and O–H groups in total. The monoisotopic (exact) mass is 525 g/mol. The molecule has 0 aliphatic heterocycles. The van der Waals surface area contributed by atoms with Gasteiger partial charge in [0, 0.05) is 24.9 Å². The highest BCUT2D eigenvalue weighted by atomic mass is 16.5. The summed E-state index contributed by atoms with van der Waals surface area (Å²) in [5.41, 5.74) is 4.30. The van der Waals surface area contributed by atoms with Gasteiger partial charge in [0.15, 0.2) is 0 Å².